The molecule has 1 aliphatic carbocycles. The lowest BCUT2D eigenvalue weighted by atomic mass is 9.95. The van der Waals surface area contributed by atoms with Gasteiger partial charge in [0.05, 0.1) is 13.2 Å². The van der Waals surface area contributed by atoms with E-state index >= 15 is 0 Å². The van der Waals surface area contributed by atoms with Crippen molar-refractivity contribution in [2.45, 2.75) is 38.6 Å². The first-order chi connectivity index (χ1) is 6.65. The Hall–Kier alpha value is -1.06. The zero-order valence-electron chi connectivity index (χ0n) is 8.71. The van der Waals surface area contributed by atoms with Gasteiger partial charge in [-0.25, -0.2) is 4.79 Å². The molecule has 1 atom stereocenters. The van der Waals surface area contributed by atoms with Crippen LogP contribution in [0.1, 0.15) is 32.6 Å². The quantitative estimate of drug-likeness (QED) is 0.749. The summed E-state index contributed by atoms with van der Waals surface area (Å²) in [6.07, 6.45) is 3.83. The maximum absolute atomic E-state index is 11.3. The first-order valence-electron chi connectivity index (χ1n) is 5.00. The second-order valence-electron chi connectivity index (χ2n) is 3.77. The van der Waals surface area contributed by atoms with E-state index in [4.69, 9.17) is 0 Å². The minimum absolute atomic E-state index is 0.0160. The largest absolute Gasteiger partial charge is 0.453 e. The van der Waals surface area contributed by atoms with E-state index in [1.807, 2.05) is 0 Å². The molecule has 0 aliphatic heterocycles. The van der Waals surface area contributed by atoms with Crippen LogP contribution in [0.3, 0.4) is 0 Å². The van der Waals surface area contributed by atoms with Crippen LogP contribution in [0.5, 0.6) is 0 Å². The molecule has 1 amide bonds. The molecule has 0 aromatic rings. The normalized spacial score (nSPS) is 19.0. The van der Waals surface area contributed by atoms with Gasteiger partial charge in [-0.3, -0.25) is 4.79 Å². The molecule has 0 saturated heterocycles. The van der Waals surface area contributed by atoms with Crippen molar-refractivity contribution in [2.75, 3.05) is 7.11 Å². The maximum Gasteiger partial charge on any atom is 0.407 e. The van der Waals surface area contributed by atoms with Gasteiger partial charge in [-0.1, -0.05) is 12.8 Å². The Kier molecular flexibility index (Phi) is 3.92. The number of carbonyl (C=O) groups is 2. The minimum atomic E-state index is -0.517. The second kappa shape index (κ2) is 4.98. The van der Waals surface area contributed by atoms with Gasteiger partial charge in [-0.15, -0.1) is 0 Å². The summed E-state index contributed by atoms with van der Waals surface area (Å²) in [5.74, 6) is 0.314. The van der Waals surface area contributed by atoms with Gasteiger partial charge in [0.25, 0.3) is 0 Å². The van der Waals surface area contributed by atoms with Crippen LogP contribution in [0.2, 0.25) is 0 Å². The van der Waals surface area contributed by atoms with E-state index in [1.165, 1.54) is 14.0 Å². The van der Waals surface area contributed by atoms with Gasteiger partial charge in [-0.05, 0) is 25.7 Å². The molecular formula is C10H17NO3. The van der Waals surface area contributed by atoms with Crippen LogP contribution >= 0.6 is 0 Å². The number of amides is 1. The van der Waals surface area contributed by atoms with Crippen molar-refractivity contribution < 1.29 is 14.3 Å². The van der Waals surface area contributed by atoms with Crippen LogP contribution in [0.4, 0.5) is 4.79 Å². The minimum Gasteiger partial charge on any atom is -0.453 e. The van der Waals surface area contributed by atoms with Gasteiger partial charge in [0.1, 0.15) is 0 Å². The number of Topliss-reactive ketones (excluding diaryl/α,β-unsaturated/α-hetero) is 1. The summed E-state index contributed by atoms with van der Waals surface area (Å²) in [6.45, 7) is 1.51. The van der Waals surface area contributed by atoms with Gasteiger partial charge in [0, 0.05) is 0 Å². The molecule has 1 saturated carbocycles. The van der Waals surface area contributed by atoms with Crippen molar-refractivity contribution in [1.82, 2.24) is 5.32 Å². The number of ether oxygens (including phenoxy) is 1. The molecule has 1 aliphatic rings. The summed E-state index contributed by atoms with van der Waals surface area (Å²) in [5, 5.41) is 2.60. The lowest BCUT2D eigenvalue weighted by molar-refractivity contribution is -0.120. The summed E-state index contributed by atoms with van der Waals surface area (Å²) in [5.41, 5.74) is 0. The highest BCUT2D eigenvalue weighted by molar-refractivity contribution is 5.85. The molecule has 1 rings (SSSR count). The van der Waals surface area contributed by atoms with E-state index < -0.39 is 6.09 Å². The number of methoxy groups -OCH3 is 1. The highest BCUT2D eigenvalue weighted by Crippen LogP contribution is 2.28. The second-order valence-corrected chi connectivity index (χ2v) is 3.77. The first-order valence-corrected chi connectivity index (χ1v) is 5.00. The van der Waals surface area contributed by atoms with Crippen molar-refractivity contribution in [1.29, 1.82) is 0 Å². The van der Waals surface area contributed by atoms with Gasteiger partial charge >= 0.3 is 6.09 Å². The zero-order chi connectivity index (χ0) is 10.6. The zero-order valence-corrected chi connectivity index (χ0v) is 8.71. The highest BCUT2D eigenvalue weighted by atomic mass is 16.5. The van der Waals surface area contributed by atoms with Gasteiger partial charge in [0.2, 0.25) is 0 Å². The molecule has 1 N–H and O–H groups in total. The van der Waals surface area contributed by atoms with Crippen molar-refractivity contribution in [3.8, 4) is 0 Å². The molecule has 4 heteroatoms. The van der Waals surface area contributed by atoms with Crippen molar-refractivity contribution in [2.24, 2.45) is 5.92 Å². The molecule has 1 fully saturated rings. The van der Waals surface area contributed by atoms with Crippen molar-refractivity contribution >= 4 is 11.9 Å². The molecule has 0 unspecified atom stereocenters. The third-order valence-corrected chi connectivity index (χ3v) is 2.77. The number of nitrogens with one attached hydrogen (secondary N) is 1. The van der Waals surface area contributed by atoms with Crippen LogP contribution in [0, 0.1) is 5.92 Å². The molecule has 0 bridgehead atoms. The molecule has 0 aromatic carbocycles. The lowest BCUT2D eigenvalue weighted by Crippen LogP contribution is -2.44. The van der Waals surface area contributed by atoms with Crippen LogP contribution < -0.4 is 5.32 Å². The topological polar surface area (TPSA) is 55.4 Å². The first kappa shape index (κ1) is 11.0. The van der Waals surface area contributed by atoms with Crippen LogP contribution in [-0.2, 0) is 9.53 Å². The van der Waals surface area contributed by atoms with Crippen molar-refractivity contribution in [3.05, 3.63) is 0 Å². The molecule has 0 heterocycles. The van der Waals surface area contributed by atoms with Gasteiger partial charge in [-0.2, -0.15) is 0 Å². The highest BCUT2D eigenvalue weighted by Gasteiger charge is 2.29. The molecule has 80 valence electrons. The number of ketones is 1. The summed E-state index contributed by atoms with van der Waals surface area (Å²) >= 11 is 0. The van der Waals surface area contributed by atoms with Crippen LogP contribution in [-0.4, -0.2) is 25.0 Å². The average molecular weight is 199 g/mol. The van der Waals surface area contributed by atoms with Crippen LogP contribution in [0.15, 0.2) is 0 Å². The molecule has 0 aromatic heterocycles. The van der Waals surface area contributed by atoms with E-state index in [0.29, 0.717) is 5.92 Å². The smallest absolute Gasteiger partial charge is 0.407 e. The van der Waals surface area contributed by atoms with Gasteiger partial charge in [0.15, 0.2) is 5.78 Å². The molecule has 4 nitrogen and oxygen atoms in total. The van der Waals surface area contributed by atoms with Gasteiger partial charge < -0.3 is 10.1 Å². The van der Waals surface area contributed by atoms with Crippen molar-refractivity contribution in [3.63, 3.8) is 0 Å². The summed E-state index contributed by atoms with van der Waals surface area (Å²) in [6, 6.07) is -0.357. The maximum atomic E-state index is 11.3. The van der Waals surface area contributed by atoms with E-state index in [2.05, 4.69) is 10.1 Å². The fraction of sp³-hybridized carbons (Fsp3) is 0.800. The predicted molar refractivity (Wildman–Crippen MR) is 52.0 cm³/mol. The molecule has 0 spiro atoms. The van der Waals surface area contributed by atoms with E-state index in [-0.39, 0.29) is 11.8 Å². The van der Waals surface area contributed by atoms with E-state index in [9.17, 15) is 9.59 Å². The number of rotatable bonds is 3. The molecular weight excluding hydrogens is 182 g/mol. The predicted octanol–water partition coefficient (Wildman–Crippen LogP) is 1.49. The third kappa shape index (κ3) is 2.72. The Bertz CT molecular complexity index is 221. The fourth-order valence-electron chi connectivity index (χ4n) is 2.03. The Morgan fingerprint density at radius 3 is 2.36 bits per heavy atom. The Labute approximate surface area is 84.0 Å². The third-order valence-electron chi connectivity index (χ3n) is 2.77. The standard InChI is InChI=1S/C10H17NO3/c1-7(12)9(11-10(13)14-2)8-5-3-4-6-8/h8-9H,3-6H2,1-2H3,(H,11,13)/t9-/m1/s1. The summed E-state index contributed by atoms with van der Waals surface area (Å²) < 4.78 is 4.49. The Morgan fingerprint density at radius 2 is 1.93 bits per heavy atom. The summed E-state index contributed by atoms with van der Waals surface area (Å²) in [7, 11) is 1.31. The fourth-order valence-corrected chi connectivity index (χ4v) is 2.03. The average Bonchev–Trinajstić information content (AvgIpc) is 2.65. The van der Waals surface area contributed by atoms with Crippen LogP contribution in [0.25, 0.3) is 0 Å². The molecule has 14 heavy (non-hydrogen) atoms. The number of hydrogen-bond acceptors (Lipinski definition) is 3. The molecule has 0 radical (unpaired) electrons. The number of carbonyl (C=O) groups excluding carboxylic acids is 2. The number of alkyl carbamates (subject to hydrolysis) is 1. The summed E-state index contributed by atoms with van der Waals surface area (Å²) in [4.78, 5) is 22.3. The van der Waals surface area contributed by atoms with E-state index in [0.717, 1.165) is 25.7 Å². The Morgan fingerprint density at radius 1 is 1.36 bits per heavy atom. The SMILES string of the molecule is COC(=O)N[C@H](C(C)=O)C1CCCC1. The Balaban J connectivity index is 2.54. The lowest BCUT2D eigenvalue weighted by Gasteiger charge is -2.21. The number of hydrogen-bond donors (Lipinski definition) is 1. The monoisotopic (exact) mass is 199 g/mol. The van der Waals surface area contributed by atoms with E-state index in [1.54, 1.807) is 0 Å².